The molecule has 1 aliphatic heterocycles. The largest absolute Gasteiger partial charge is 0.394 e. The molecule has 2 rings (SSSR count). The van der Waals surface area contributed by atoms with Crippen LogP contribution < -0.4 is 0 Å². The van der Waals surface area contributed by atoms with Gasteiger partial charge in [0, 0.05) is 13.7 Å². The number of nitrogens with zero attached hydrogens (tertiary/aromatic N) is 3. The smallest absolute Gasteiger partial charge is 0.246 e. The molecule has 114 valence electrons. The standard InChI is InChI=1S/C12H21N3O4S/c1-9-12(10(2)15(13-9)5-6-16)20(17,18)14(3)11-4-7-19-8-11/h11,16H,4-8H2,1-3H3. The molecule has 1 atom stereocenters. The number of ether oxygens (including phenoxy) is 1. The Bertz CT molecular complexity index is 576. The number of aryl methyl sites for hydroxylation is 1. The molecule has 1 fully saturated rings. The van der Waals surface area contributed by atoms with E-state index < -0.39 is 10.0 Å². The monoisotopic (exact) mass is 303 g/mol. The minimum atomic E-state index is -3.59. The zero-order chi connectivity index (χ0) is 14.9. The van der Waals surface area contributed by atoms with Gasteiger partial charge in [-0.15, -0.1) is 0 Å². The van der Waals surface area contributed by atoms with Crippen molar-refractivity contribution in [2.45, 2.75) is 37.8 Å². The highest BCUT2D eigenvalue weighted by Crippen LogP contribution is 2.26. The molecule has 7 nitrogen and oxygen atoms in total. The van der Waals surface area contributed by atoms with Gasteiger partial charge in [0.1, 0.15) is 4.90 Å². The lowest BCUT2D eigenvalue weighted by Gasteiger charge is -2.22. The van der Waals surface area contributed by atoms with Crippen molar-refractivity contribution in [3.8, 4) is 0 Å². The summed E-state index contributed by atoms with van der Waals surface area (Å²) in [5.74, 6) is 0. The summed E-state index contributed by atoms with van der Waals surface area (Å²) in [5.41, 5.74) is 1.02. The first kappa shape index (κ1) is 15.4. The van der Waals surface area contributed by atoms with Crippen LogP contribution in [0.15, 0.2) is 4.90 Å². The van der Waals surface area contributed by atoms with Crippen molar-refractivity contribution in [1.29, 1.82) is 0 Å². The Morgan fingerprint density at radius 2 is 2.20 bits per heavy atom. The van der Waals surface area contributed by atoms with E-state index in [0.29, 0.717) is 37.6 Å². The molecule has 0 aliphatic carbocycles. The average Bonchev–Trinajstić information content (AvgIpc) is 2.98. The third-order valence-corrected chi connectivity index (χ3v) is 5.85. The number of rotatable bonds is 5. The average molecular weight is 303 g/mol. The van der Waals surface area contributed by atoms with E-state index in [-0.39, 0.29) is 17.5 Å². The Hall–Kier alpha value is -0.960. The lowest BCUT2D eigenvalue weighted by Crippen LogP contribution is -2.37. The molecule has 1 N–H and O–H groups in total. The van der Waals surface area contributed by atoms with Gasteiger partial charge in [0.15, 0.2) is 0 Å². The molecule has 0 amide bonds. The minimum Gasteiger partial charge on any atom is -0.394 e. The summed E-state index contributed by atoms with van der Waals surface area (Å²) < 4.78 is 33.6. The second-order valence-electron chi connectivity index (χ2n) is 4.99. The Labute approximate surface area is 119 Å². The van der Waals surface area contributed by atoms with Crippen LogP contribution in [0, 0.1) is 13.8 Å². The van der Waals surface area contributed by atoms with E-state index in [1.54, 1.807) is 20.9 Å². The van der Waals surface area contributed by atoms with Gasteiger partial charge in [-0.2, -0.15) is 9.40 Å². The molecule has 1 aliphatic rings. The van der Waals surface area contributed by atoms with Crippen LogP contribution in [-0.4, -0.2) is 60.5 Å². The summed E-state index contributed by atoms with van der Waals surface area (Å²) in [5, 5.41) is 13.2. The van der Waals surface area contributed by atoms with Crippen molar-refractivity contribution in [3.63, 3.8) is 0 Å². The van der Waals surface area contributed by atoms with Gasteiger partial charge >= 0.3 is 0 Å². The van der Waals surface area contributed by atoms with Crippen LogP contribution >= 0.6 is 0 Å². The zero-order valence-electron chi connectivity index (χ0n) is 12.0. The molecular weight excluding hydrogens is 282 g/mol. The Morgan fingerprint density at radius 3 is 2.75 bits per heavy atom. The third kappa shape index (κ3) is 2.60. The summed E-state index contributed by atoms with van der Waals surface area (Å²) in [7, 11) is -2.01. The van der Waals surface area contributed by atoms with Gasteiger partial charge in [0.25, 0.3) is 0 Å². The SMILES string of the molecule is Cc1nn(CCO)c(C)c1S(=O)(=O)N(C)C1CCOC1. The lowest BCUT2D eigenvalue weighted by molar-refractivity contribution is 0.181. The number of aliphatic hydroxyl groups excluding tert-OH is 1. The summed E-state index contributed by atoms with van der Waals surface area (Å²) in [6, 6.07) is -0.125. The van der Waals surface area contributed by atoms with Crippen molar-refractivity contribution < 1.29 is 18.3 Å². The highest BCUT2D eigenvalue weighted by Gasteiger charge is 2.34. The molecule has 0 radical (unpaired) electrons. The molecular formula is C12H21N3O4S. The molecule has 20 heavy (non-hydrogen) atoms. The lowest BCUT2D eigenvalue weighted by atomic mass is 10.3. The maximum Gasteiger partial charge on any atom is 0.246 e. The van der Waals surface area contributed by atoms with Gasteiger partial charge < -0.3 is 9.84 Å². The first-order chi connectivity index (χ1) is 9.39. The zero-order valence-corrected chi connectivity index (χ0v) is 12.9. The molecule has 2 heterocycles. The summed E-state index contributed by atoms with van der Waals surface area (Å²) in [6.45, 7) is 4.62. The molecule has 0 saturated carbocycles. The van der Waals surface area contributed by atoms with Crippen molar-refractivity contribution in [3.05, 3.63) is 11.4 Å². The second kappa shape index (κ2) is 5.80. The first-order valence-electron chi connectivity index (χ1n) is 6.60. The van der Waals surface area contributed by atoms with Crippen molar-refractivity contribution in [2.75, 3.05) is 26.9 Å². The minimum absolute atomic E-state index is 0.0756. The van der Waals surface area contributed by atoms with Crippen LogP contribution in [0.3, 0.4) is 0 Å². The number of hydrogen-bond acceptors (Lipinski definition) is 5. The van der Waals surface area contributed by atoms with Gasteiger partial charge in [-0.25, -0.2) is 8.42 Å². The van der Waals surface area contributed by atoms with E-state index in [2.05, 4.69) is 5.10 Å². The summed E-state index contributed by atoms with van der Waals surface area (Å²) in [4.78, 5) is 0.236. The van der Waals surface area contributed by atoms with E-state index in [1.807, 2.05) is 0 Å². The summed E-state index contributed by atoms with van der Waals surface area (Å²) >= 11 is 0. The molecule has 8 heteroatoms. The molecule has 0 aromatic carbocycles. The van der Waals surface area contributed by atoms with Crippen LogP contribution in [-0.2, 0) is 21.3 Å². The van der Waals surface area contributed by atoms with Crippen LogP contribution in [0.5, 0.6) is 0 Å². The van der Waals surface area contributed by atoms with Crippen molar-refractivity contribution >= 4 is 10.0 Å². The second-order valence-corrected chi connectivity index (χ2v) is 6.92. The van der Waals surface area contributed by atoms with Gasteiger partial charge in [-0.1, -0.05) is 0 Å². The number of sulfonamides is 1. The Kier molecular flexibility index (Phi) is 4.48. The number of likely N-dealkylation sites (N-methyl/N-ethyl adjacent to an activating group) is 1. The first-order valence-corrected chi connectivity index (χ1v) is 8.04. The maximum absolute atomic E-state index is 12.7. The van der Waals surface area contributed by atoms with E-state index in [1.165, 1.54) is 8.99 Å². The highest BCUT2D eigenvalue weighted by atomic mass is 32.2. The molecule has 0 spiro atoms. The molecule has 0 bridgehead atoms. The fraction of sp³-hybridized carbons (Fsp3) is 0.750. The van der Waals surface area contributed by atoms with Crippen LogP contribution in [0.1, 0.15) is 17.8 Å². The predicted octanol–water partition coefficient (Wildman–Crippen LogP) is -0.0984. The Balaban J connectivity index is 2.38. The van der Waals surface area contributed by atoms with E-state index in [0.717, 1.165) is 0 Å². The van der Waals surface area contributed by atoms with Crippen LogP contribution in [0.25, 0.3) is 0 Å². The number of aromatic nitrogens is 2. The van der Waals surface area contributed by atoms with E-state index >= 15 is 0 Å². The van der Waals surface area contributed by atoms with Gasteiger partial charge in [-0.3, -0.25) is 4.68 Å². The molecule has 1 aromatic rings. The van der Waals surface area contributed by atoms with Gasteiger partial charge in [0.2, 0.25) is 10.0 Å². The molecule has 1 saturated heterocycles. The normalized spacial score (nSPS) is 19.9. The van der Waals surface area contributed by atoms with Crippen molar-refractivity contribution in [1.82, 2.24) is 14.1 Å². The van der Waals surface area contributed by atoms with E-state index in [9.17, 15) is 8.42 Å². The molecule has 1 unspecified atom stereocenters. The number of aliphatic hydroxyl groups is 1. The Morgan fingerprint density at radius 1 is 1.50 bits per heavy atom. The topological polar surface area (TPSA) is 84.7 Å². The quantitative estimate of drug-likeness (QED) is 0.821. The maximum atomic E-state index is 12.7. The predicted molar refractivity (Wildman–Crippen MR) is 73.0 cm³/mol. The van der Waals surface area contributed by atoms with Gasteiger partial charge in [0.05, 0.1) is 37.2 Å². The fourth-order valence-electron chi connectivity index (χ4n) is 2.52. The highest BCUT2D eigenvalue weighted by molar-refractivity contribution is 7.89. The summed E-state index contributed by atoms with van der Waals surface area (Å²) in [6.07, 6.45) is 0.707. The fourth-order valence-corrected chi connectivity index (χ4v) is 4.25. The van der Waals surface area contributed by atoms with Crippen LogP contribution in [0.2, 0.25) is 0 Å². The number of hydrogen-bond donors (Lipinski definition) is 1. The van der Waals surface area contributed by atoms with Crippen molar-refractivity contribution in [2.24, 2.45) is 0 Å². The van der Waals surface area contributed by atoms with Crippen LogP contribution in [0.4, 0.5) is 0 Å². The third-order valence-electron chi connectivity index (χ3n) is 3.68. The van der Waals surface area contributed by atoms with Gasteiger partial charge in [-0.05, 0) is 20.3 Å². The molecule has 1 aromatic heterocycles. The van der Waals surface area contributed by atoms with E-state index in [4.69, 9.17) is 9.84 Å².